The van der Waals surface area contributed by atoms with Crippen molar-refractivity contribution in [3.8, 4) is 5.75 Å². The lowest BCUT2D eigenvalue weighted by Gasteiger charge is -2.33. The Morgan fingerprint density at radius 2 is 1.93 bits per heavy atom. The Balaban J connectivity index is 0.00000300. The molecule has 0 atom stereocenters. The Bertz CT molecular complexity index is 748. The summed E-state index contributed by atoms with van der Waals surface area (Å²) in [5, 5.41) is 6.94. The summed E-state index contributed by atoms with van der Waals surface area (Å²) in [6.07, 6.45) is 4.93. The van der Waals surface area contributed by atoms with Crippen LogP contribution in [0.4, 0.5) is 5.82 Å². The van der Waals surface area contributed by atoms with E-state index in [0.29, 0.717) is 12.6 Å². The van der Waals surface area contributed by atoms with Crippen molar-refractivity contribution in [1.29, 1.82) is 0 Å². The SMILES string of the molecule is CN=C(NCCCOc1ccccc1C)NC1CCN(c2ccccn2)CC1.I. The van der Waals surface area contributed by atoms with Crippen LogP contribution >= 0.6 is 24.0 Å². The third-order valence-electron chi connectivity index (χ3n) is 5.00. The second-order valence-corrected chi connectivity index (χ2v) is 7.06. The van der Waals surface area contributed by atoms with Gasteiger partial charge in [0.1, 0.15) is 11.6 Å². The molecule has 29 heavy (non-hydrogen) atoms. The van der Waals surface area contributed by atoms with Crippen molar-refractivity contribution < 1.29 is 4.74 Å². The molecule has 1 saturated heterocycles. The predicted octanol–water partition coefficient (Wildman–Crippen LogP) is 3.61. The minimum Gasteiger partial charge on any atom is -0.493 e. The summed E-state index contributed by atoms with van der Waals surface area (Å²) in [6, 6.07) is 14.6. The van der Waals surface area contributed by atoms with Gasteiger partial charge >= 0.3 is 0 Å². The second kappa shape index (κ2) is 12.5. The quantitative estimate of drug-likeness (QED) is 0.259. The summed E-state index contributed by atoms with van der Waals surface area (Å²) in [5.74, 6) is 2.90. The average molecular weight is 509 g/mol. The van der Waals surface area contributed by atoms with Gasteiger partial charge in [-0.1, -0.05) is 24.3 Å². The van der Waals surface area contributed by atoms with Crippen molar-refractivity contribution in [2.45, 2.75) is 32.2 Å². The van der Waals surface area contributed by atoms with Crippen LogP contribution in [-0.4, -0.2) is 50.3 Å². The van der Waals surface area contributed by atoms with E-state index in [1.54, 1.807) is 0 Å². The van der Waals surface area contributed by atoms with Crippen LogP contribution in [0.2, 0.25) is 0 Å². The summed E-state index contributed by atoms with van der Waals surface area (Å²) in [6.45, 7) is 5.61. The van der Waals surface area contributed by atoms with Gasteiger partial charge in [-0.25, -0.2) is 4.98 Å². The lowest BCUT2D eigenvalue weighted by molar-refractivity contribution is 0.309. The van der Waals surface area contributed by atoms with Crippen LogP contribution in [0.25, 0.3) is 0 Å². The number of ether oxygens (including phenoxy) is 1. The average Bonchev–Trinajstić information content (AvgIpc) is 2.75. The highest BCUT2D eigenvalue weighted by Crippen LogP contribution is 2.17. The lowest BCUT2D eigenvalue weighted by atomic mass is 10.1. The smallest absolute Gasteiger partial charge is 0.191 e. The number of aromatic nitrogens is 1. The van der Waals surface area contributed by atoms with Gasteiger partial charge in [0.15, 0.2) is 5.96 Å². The van der Waals surface area contributed by atoms with Gasteiger partial charge in [-0.15, -0.1) is 24.0 Å². The molecule has 2 aromatic rings. The number of nitrogens with zero attached hydrogens (tertiary/aromatic N) is 3. The first-order valence-electron chi connectivity index (χ1n) is 10.1. The number of aliphatic imine (C=N–C) groups is 1. The molecule has 0 radical (unpaired) electrons. The van der Waals surface area contributed by atoms with Crippen molar-refractivity contribution in [2.75, 3.05) is 38.2 Å². The Kier molecular flexibility index (Phi) is 10.0. The third-order valence-corrected chi connectivity index (χ3v) is 5.00. The van der Waals surface area contributed by atoms with Crippen molar-refractivity contribution >= 4 is 35.8 Å². The number of anilines is 1. The van der Waals surface area contributed by atoms with Gasteiger partial charge in [-0.2, -0.15) is 0 Å². The number of aryl methyl sites for hydroxylation is 1. The minimum absolute atomic E-state index is 0. The highest BCUT2D eigenvalue weighted by Gasteiger charge is 2.20. The molecule has 0 amide bonds. The fourth-order valence-corrected chi connectivity index (χ4v) is 3.36. The van der Waals surface area contributed by atoms with E-state index in [1.165, 1.54) is 5.56 Å². The zero-order chi connectivity index (χ0) is 19.6. The van der Waals surface area contributed by atoms with Gasteiger partial charge in [0.2, 0.25) is 0 Å². The van der Waals surface area contributed by atoms with Crippen LogP contribution in [-0.2, 0) is 0 Å². The van der Waals surface area contributed by atoms with E-state index in [-0.39, 0.29) is 24.0 Å². The Labute approximate surface area is 191 Å². The van der Waals surface area contributed by atoms with E-state index in [2.05, 4.69) is 44.6 Å². The fraction of sp³-hybridized carbons (Fsp3) is 0.455. The number of pyridine rings is 1. The van der Waals surface area contributed by atoms with Gasteiger partial charge in [0, 0.05) is 38.9 Å². The van der Waals surface area contributed by atoms with Gasteiger partial charge in [0.25, 0.3) is 0 Å². The van der Waals surface area contributed by atoms with E-state index in [4.69, 9.17) is 4.74 Å². The molecular formula is C22H32IN5O. The largest absolute Gasteiger partial charge is 0.493 e. The molecule has 0 bridgehead atoms. The van der Waals surface area contributed by atoms with Gasteiger partial charge in [0.05, 0.1) is 6.61 Å². The number of rotatable bonds is 7. The van der Waals surface area contributed by atoms with E-state index in [9.17, 15) is 0 Å². The molecule has 0 aliphatic carbocycles. The standard InChI is InChI=1S/C22H31N5O.HI/c1-18-8-3-4-9-20(18)28-17-7-14-25-22(23-2)26-19-11-15-27(16-12-19)21-10-5-6-13-24-21;/h3-6,8-10,13,19H,7,11-12,14-17H2,1-2H3,(H2,23,25,26);1H. The van der Waals surface area contributed by atoms with Crippen LogP contribution in [0.3, 0.4) is 0 Å². The van der Waals surface area contributed by atoms with E-state index in [0.717, 1.165) is 56.4 Å². The van der Waals surface area contributed by atoms with Crippen molar-refractivity contribution in [2.24, 2.45) is 4.99 Å². The monoisotopic (exact) mass is 509 g/mol. The molecule has 2 heterocycles. The topological polar surface area (TPSA) is 61.8 Å². The van der Waals surface area contributed by atoms with E-state index >= 15 is 0 Å². The first-order valence-corrected chi connectivity index (χ1v) is 10.1. The predicted molar refractivity (Wildman–Crippen MR) is 131 cm³/mol. The third kappa shape index (κ3) is 7.38. The summed E-state index contributed by atoms with van der Waals surface area (Å²) in [5.41, 5.74) is 1.17. The number of piperidine rings is 1. The molecule has 1 aliphatic rings. The van der Waals surface area contributed by atoms with Crippen LogP contribution in [0.15, 0.2) is 53.7 Å². The number of nitrogens with one attached hydrogen (secondary N) is 2. The maximum Gasteiger partial charge on any atom is 0.191 e. The molecule has 3 rings (SSSR count). The first-order chi connectivity index (χ1) is 13.8. The molecule has 1 fully saturated rings. The normalized spacial score (nSPS) is 14.8. The highest BCUT2D eigenvalue weighted by atomic mass is 127. The zero-order valence-corrected chi connectivity index (χ0v) is 19.6. The summed E-state index contributed by atoms with van der Waals surface area (Å²) in [7, 11) is 1.82. The van der Waals surface area contributed by atoms with Gasteiger partial charge in [-0.05, 0) is 49.9 Å². The summed E-state index contributed by atoms with van der Waals surface area (Å²) in [4.78, 5) is 11.1. The van der Waals surface area contributed by atoms with E-state index < -0.39 is 0 Å². The highest BCUT2D eigenvalue weighted by molar-refractivity contribution is 14.0. The number of para-hydroxylation sites is 1. The number of halogens is 1. The molecule has 1 aliphatic heterocycles. The van der Waals surface area contributed by atoms with Crippen LogP contribution in [0.1, 0.15) is 24.8 Å². The van der Waals surface area contributed by atoms with E-state index in [1.807, 2.05) is 43.6 Å². The number of hydrogen-bond acceptors (Lipinski definition) is 4. The minimum atomic E-state index is 0. The Morgan fingerprint density at radius 1 is 1.17 bits per heavy atom. The van der Waals surface area contributed by atoms with Crippen LogP contribution < -0.4 is 20.3 Å². The molecule has 7 heteroatoms. The molecule has 1 aromatic carbocycles. The maximum atomic E-state index is 5.84. The van der Waals surface area contributed by atoms with Crippen molar-refractivity contribution in [3.63, 3.8) is 0 Å². The van der Waals surface area contributed by atoms with Crippen molar-refractivity contribution in [3.05, 3.63) is 54.2 Å². The molecule has 0 unspecified atom stereocenters. The molecule has 0 saturated carbocycles. The molecular weight excluding hydrogens is 477 g/mol. The Hall–Kier alpha value is -2.03. The molecule has 0 spiro atoms. The summed E-state index contributed by atoms with van der Waals surface area (Å²) < 4.78 is 5.84. The van der Waals surface area contributed by atoms with Gasteiger partial charge in [-0.3, -0.25) is 4.99 Å². The fourth-order valence-electron chi connectivity index (χ4n) is 3.36. The van der Waals surface area contributed by atoms with Crippen LogP contribution in [0, 0.1) is 6.92 Å². The van der Waals surface area contributed by atoms with Gasteiger partial charge < -0.3 is 20.3 Å². The first kappa shape index (κ1) is 23.3. The molecule has 6 nitrogen and oxygen atoms in total. The second-order valence-electron chi connectivity index (χ2n) is 7.06. The molecule has 1 aromatic heterocycles. The maximum absolute atomic E-state index is 5.84. The number of guanidine groups is 1. The van der Waals surface area contributed by atoms with Crippen molar-refractivity contribution in [1.82, 2.24) is 15.6 Å². The van der Waals surface area contributed by atoms with Crippen LogP contribution in [0.5, 0.6) is 5.75 Å². The summed E-state index contributed by atoms with van der Waals surface area (Å²) >= 11 is 0. The lowest BCUT2D eigenvalue weighted by Crippen LogP contribution is -2.49. The molecule has 2 N–H and O–H groups in total. The Morgan fingerprint density at radius 3 is 2.62 bits per heavy atom. The zero-order valence-electron chi connectivity index (χ0n) is 17.3. The number of hydrogen-bond donors (Lipinski definition) is 2. The molecule has 158 valence electrons. The number of benzene rings is 1.